The molecule has 1 aromatic heterocycles. The zero-order valence-corrected chi connectivity index (χ0v) is 14.3. The minimum atomic E-state index is 0.143. The highest BCUT2D eigenvalue weighted by molar-refractivity contribution is 14.1. The van der Waals surface area contributed by atoms with Crippen LogP contribution >= 0.6 is 38.5 Å². The van der Waals surface area contributed by atoms with Gasteiger partial charge in [0.15, 0.2) is 0 Å². The van der Waals surface area contributed by atoms with Crippen molar-refractivity contribution in [1.82, 2.24) is 15.2 Å². The van der Waals surface area contributed by atoms with Crippen LogP contribution in [-0.4, -0.2) is 9.78 Å². The van der Waals surface area contributed by atoms with Gasteiger partial charge in [-0.25, -0.2) is 0 Å². The number of nitrogens with one attached hydrogen (secondary N) is 1. The fraction of sp³-hybridized carbons (Fsp3) is 0.308. The molecule has 0 aliphatic carbocycles. The molecule has 6 heteroatoms. The van der Waals surface area contributed by atoms with Crippen molar-refractivity contribution in [2.75, 3.05) is 0 Å². The predicted octanol–water partition coefficient (Wildman–Crippen LogP) is 2.92. The fourth-order valence-electron chi connectivity index (χ4n) is 2.02. The Hall–Kier alpha value is -0.440. The van der Waals surface area contributed by atoms with Crippen LogP contribution in [0.1, 0.15) is 23.6 Å². The molecule has 0 bridgehead atoms. The Bertz CT molecular complexity index is 555. The maximum atomic E-state index is 5.70. The van der Waals surface area contributed by atoms with E-state index < -0.39 is 0 Å². The molecule has 1 heterocycles. The van der Waals surface area contributed by atoms with E-state index in [1.807, 2.05) is 30.2 Å². The predicted molar refractivity (Wildman–Crippen MR) is 88.5 cm³/mol. The van der Waals surface area contributed by atoms with Gasteiger partial charge < -0.3 is 0 Å². The van der Waals surface area contributed by atoms with Crippen molar-refractivity contribution in [3.8, 4) is 0 Å². The minimum Gasteiger partial charge on any atom is -0.276 e. The van der Waals surface area contributed by atoms with E-state index in [4.69, 9.17) is 5.84 Å². The first kappa shape index (κ1) is 15.0. The monoisotopic (exact) mass is 434 g/mol. The summed E-state index contributed by atoms with van der Waals surface area (Å²) in [6, 6.07) is 6.40. The van der Waals surface area contributed by atoms with Gasteiger partial charge in [0.25, 0.3) is 0 Å². The molecular weight excluding hydrogens is 419 g/mol. The summed E-state index contributed by atoms with van der Waals surface area (Å²) < 4.78 is 4.11. The summed E-state index contributed by atoms with van der Waals surface area (Å²) in [6.45, 7) is 0. The van der Waals surface area contributed by atoms with Crippen molar-refractivity contribution in [2.24, 2.45) is 12.9 Å². The van der Waals surface area contributed by atoms with Crippen LogP contribution in [0.4, 0.5) is 0 Å². The topological polar surface area (TPSA) is 55.9 Å². The lowest BCUT2D eigenvalue weighted by atomic mass is 10.0. The Kier molecular flexibility index (Phi) is 5.37. The number of hydrogen-bond acceptors (Lipinski definition) is 3. The van der Waals surface area contributed by atoms with Crippen molar-refractivity contribution in [2.45, 2.75) is 18.9 Å². The molecule has 0 fully saturated rings. The third-order valence-electron chi connectivity index (χ3n) is 3.01. The molecule has 0 spiro atoms. The summed E-state index contributed by atoms with van der Waals surface area (Å²) in [5.41, 5.74) is 5.36. The van der Waals surface area contributed by atoms with Crippen LogP contribution in [0.3, 0.4) is 0 Å². The zero-order chi connectivity index (χ0) is 13.8. The molecule has 0 radical (unpaired) electrons. The van der Waals surface area contributed by atoms with Gasteiger partial charge in [-0.05, 0) is 64.8 Å². The number of nitrogens with zero attached hydrogens (tertiary/aromatic N) is 2. The van der Waals surface area contributed by atoms with E-state index in [0.29, 0.717) is 0 Å². The summed E-state index contributed by atoms with van der Waals surface area (Å²) in [4.78, 5) is 0. The summed E-state index contributed by atoms with van der Waals surface area (Å²) >= 11 is 5.85. The molecule has 3 N–H and O–H groups in total. The number of nitrogens with two attached hydrogens (primary N) is 1. The third kappa shape index (κ3) is 4.01. The van der Waals surface area contributed by atoms with E-state index in [9.17, 15) is 0 Å². The van der Waals surface area contributed by atoms with Gasteiger partial charge in [0.1, 0.15) is 0 Å². The highest BCUT2D eigenvalue weighted by atomic mass is 127. The number of hydrogen-bond donors (Lipinski definition) is 2. The van der Waals surface area contributed by atoms with E-state index in [1.54, 1.807) is 0 Å². The van der Waals surface area contributed by atoms with Crippen LogP contribution in [0.2, 0.25) is 0 Å². The second-order valence-electron chi connectivity index (χ2n) is 4.45. The average molecular weight is 435 g/mol. The Balaban J connectivity index is 2.09. The number of aromatic nitrogens is 2. The van der Waals surface area contributed by atoms with Crippen molar-refractivity contribution in [1.29, 1.82) is 0 Å². The first-order valence-corrected chi connectivity index (χ1v) is 7.86. The number of halogens is 2. The van der Waals surface area contributed by atoms with Gasteiger partial charge in [0.2, 0.25) is 0 Å². The number of hydrazine groups is 1. The van der Waals surface area contributed by atoms with E-state index >= 15 is 0 Å². The molecule has 0 saturated heterocycles. The lowest BCUT2D eigenvalue weighted by molar-refractivity contribution is 0.514. The molecule has 1 unspecified atom stereocenters. The highest BCUT2D eigenvalue weighted by Gasteiger charge is 2.14. The maximum absolute atomic E-state index is 5.70. The van der Waals surface area contributed by atoms with Crippen LogP contribution in [0.5, 0.6) is 0 Å². The maximum Gasteiger partial charge on any atom is 0.0521 e. The molecule has 19 heavy (non-hydrogen) atoms. The van der Waals surface area contributed by atoms with Gasteiger partial charge in [0, 0.05) is 27.3 Å². The quantitative estimate of drug-likeness (QED) is 0.432. The van der Waals surface area contributed by atoms with Crippen molar-refractivity contribution in [3.63, 3.8) is 0 Å². The molecule has 0 aliphatic heterocycles. The smallest absolute Gasteiger partial charge is 0.0521 e. The fourth-order valence-corrected chi connectivity index (χ4v) is 3.11. The SMILES string of the molecule is Cn1cc(CCC(NN)c2cc(Br)ccc2I)cn1. The Morgan fingerprint density at radius 3 is 2.95 bits per heavy atom. The minimum absolute atomic E-state index is 0.143. The van der Waals surface area contributed by atoms with E-state index in [2.05, 4.69) is 61.2 Å². The molecule has 4 nitrogen and oxygen atoms in total. The van der Waals surface area contributed by atoms with E-state index in [0.717, 1.165) is 17.3 Å². The second kappa shape index (κ2) is 6.83. The van der Waals surface area contributed by atoms with E-state index in [-0.39, 0.29) is 6.04 Å². The standard InChI is InChI=1S/C13H16BrIN4/c1-19-8-9(7-17-19)2-5-13(18-16)11-6-10(14)3-4-12(11)15/h3-4,6-8,13,18H,2,5,16H2,1H3. The highest BCUT2D eigenvalue weighted by Crippen LogP contribution is 2.26. The van der Waals surface area contributed by atoms with Crippen molar-refractivity contribution < 1.29 is 0 Å². The van der Waals surface area contributed by atoms with Crippen LogP contribution in [0, 0.1) is 3.57 Å². The first-order chi connectivity index (χ1) is 9.10. The summed E-state index contributed by atoms with van der Waals surface area (Å²) in [5.74, 6) is 5.70. The Morgan fingerprint density at radius 1 is 1.53 bits per heavy atom. The number of aryl methyl sites for hydroxylation is 2. The molecular formula is C13H16BrIN4. The molecule has 0 amide bonds. The second-order valence-corrected chi connectivity index (χ2v) is 6.52. The van der Waals surface area contributed by atoms with E-state index in [1.165, 1.54) is 14.7 Å². The first-order valence-electron chi connectivity index (χ1n) is 5.98. The molecule has 2 aromatic rings. The molecule has 1 atom stereocenters. The van der Waals surface area contributed by atoms with Gasteiger partial charge in [-0.3, -0.25) is 16.0 Å². The summed E-state index contributed by atoms with van der Waals surface area (Å²) in [5, 5.41) is 4.18. The summed E-state index contributed by atoms with van der Waals surface area (Å²) in [7, 11) is 1.93. The largest absolute Gasteiger partial charge is 0.276 e. The van der Waals surface area contributed by atoms with Gasteiger partial charge in [-0.1, -0.05) is 15.9 Å². The van der Waals surface area contributed by atoms with Crippen molar-refractivity contribution >= 4 is 38.5 Å². The normalized spacial score (nSPS) is 12.6. The zero-order valence-electron chi connectivity index (χ0n) is 10.6. The van der Waals surface area contributed by atoms with Gasteiger partial charge >= 0.3 is 0 Å². The van der Waals surface area contributed by atoms with Gasteiger partial charge in [-0.2, -0.15) is 5.10 Å². The van der Waals surface area contributed by atoms with Crippen LogP contribution < -0.4 is 11.3 Å². The number of benzene rings is 1. The Labute approximate surface area is 135 Å². The molecule has 1 aromatic carbocycles. The van der Waals surface area contributed by atoms with Gasteiger partial charge in [0.05, 0.1) is 6.20 Å². The third-order valence-corrected chi connectivity index (χ3v) is 4.49. The van der Waals surface area contributed by atoms with Gasteiger partial charge in [-0.15, -0.1) is 0 Å². The summed E-state index contributed by atoms with van der Waals surface area (Å²) in [6.07, 6.45) is 5.83. The van der Waals surface area contributed by atoms with Crippen LogP contribution in [0.15, 0.2) is 35.1 Å². The molecule has 2 rings (SSSR count). The van der Waals surface area contributed by atoms with Crippen LogP contribution in [0.25, 0.3) is 0 Å². The molecule has 0 saturated carbocycles. The number of rotatable bonds is 5. The lowest BCUT2D eigenvalue weighted by Crippen LogP contribution is -2.29. The lowest BCUT2D eigenvalue weighted by Gasteiger charge is -2.18. The van der Waals surface area contributed by atoms with Crippen LogP contribution in [-0.2, 0) is 13.5 Å². The van der Waals surface area contributed by atoms with Crippen molar-refractivity contribution in [3.05, 3.63) is 49.8 Å². The molecule has 102 valence electrons. The average Bonchev–Trinajstić information content (AvgIpc) is 2.80. The molecule has 0 aliphatic rings. The Morgan fingerprint density at radius 2 is 2.32 bits per heavy atom.